The summed E-state index contributed by atoms with van der Waals surface area (Å²) in [6.07, 6.45) is 11.8. The van der Waals surface area contributed by atoms with E-state index < -0.39 is 0 Å². The predicted molar refractivity (Wildman–Crippen MR) is 473 cm³/mol. The fourth-order valence-corrected chi connectivity index (χ4v) is 15.2. The number of fused-ring (bicyclic) bond motifs is 8. The Morgan fingerprint density at radius 1 is 0.435 bits per heavy atom. The third-order valence-electron chi connectivity index (χ3n) is 21.9. The van der Waals surface area contributed by atoms with Crippen LogP contribution in [0.25, 0.3) is 88.0 Å². The lowest BCUT2D eigenvalue weighted by Crippen LogP contribution is -2.45. The Morgan fingerprint density at radius 2 is 0.831 bits per heavy atom. The minimum atomic E-state index is -0.0623. The number of carbonyl (C=O) groups is 3. The molecule has 6 aromatic carbocycles. The maximum absolute atomic E-state index is 13.1. The standard InChI is InChI=1S/C24H21N7O2.C23H20N6O2.C22H25N7O.C22H18N6O2/c32-22(31-12-4-7-20(31)17-5-1-2-10-25-17)14-19-16-9-8-15(13-21(16)33-30-19)27-24-23-18(28-29-24)6-3-11-26-23;1-29(14-15-6-3-2-4-7-15)21(30)13-19-17-10-9-16(12-20(17)31-28-19)25-23-22-18(26-27-23)8-5-11-24-22;1-3-28-9-11-29(12-10-28)15(2)13-19-17-7-6-16(14-20(17)30-27-19)24-22-21-18(25-26-22)5-4-8-23-21;1-28(15-6-3-2-4-7-15)20(29)13-18-16-10-9-14(12-19(16)30-27-18)24-22-21-17(25-26-22)8-5-11-23-21/h1-3,5-6,8-11,13,20H,4,7,12,14H2,(H2,27,28,29);2-12H,13-14H2,1H3,(H2,25,26,27);4-8,14H,2-3,9-13H2,1H3,(H2,24,25,26);2-12H,13H2,1H3,(H2,24,25,26). The van der Waals surface area contributed by atoms with Crippen LogP contribution in [0.15, 0.2) is 262 Å². The van der Waals surface area contributed by atoms with Crippen LogP contribution in [0.4, 0.5) is 51.7 Å². The van der Waals surface area contributed by atoms with Crippen molar-refractivity contribution in [3.05, 3.63) is 277 Å². The Balaban J connectivity index is 0.000000113. The van der Waals surface area contributed by atoms with E-state index in [4.69, 9.17) is 18.1 Å². The van der Waals surface area contributed by atoms with Crippen LogP contribution in [0.2, 0.25) is 0 Å². The lowest BCUT2D eigenvalue weighted by Gasteiger charge is -2.36. The minimum Gasteiger partial charge on any atom is -0.372 e. The second-order valence-electron chi connectivity index (χ2n) is 30.0. The summed E-state index contributed by atoms with van der Waals surface area (Å²) in [5, 5.41) is 62.2. The number of likely N-dealkylation sites (tertiary alicyclic amines) is 1. The Hall–Kier alpha value is -16.1. The van der Waals surface area contributed by atoms with Crippen molar-refractivity contribution in [2.45, 2.75) is 58.0 Å². The largest absolute Gasteiger partial charge is 0.372 e. The van der Waals surface area contributed by atoms with Crippen LogP contribution in [0.1, 0.15) is 59.8 Å². The molecule has 2 fully saturated rings. The molecule has 0 spiro atoms. The highest BCUT2D eigenvalue weighted by atomic mass is 16.5. The first-order valence-electron chi connectivity index (χ1n) is 40.6. The monoisotopic (exact) mass is 1650 g/mol. The number of carbonyl (C=O) groups excluding carboxylic acids is 3. The van der Waals surface area contributed by atoms with Crippen LogP contribution in [-0.2, 0) is 46.6 Å². The summed E-state index contributed by atoms with van der Waals surface area (Å²) in [6, 6.07) is 63.3. The molecule has 8 N–H and O–H groups in total. The molecule has 1 unspecified atom stereocenters. The summed E-state index contributed by atoms with van der Waals surface area (Å²) >= 11 is 0. The number of benzene rings is 6. The molecule has 2 aliphatic rings. The quantitative estimate of drug-likeness (QED) is 0.0312. The zero-order valence-corrected chi connectivity index (χ0v) is 67.8. The molecular weight excluding hydrogens is 1570 g/mol. The number of para-hydroxylation sites is 1. The van der Waals surface area contributed by atoms with Crippen molar-refractivity contribution in [2.75, 3.05) is 79.5 Å². The van der Waals surface area contributed by atoms with Gasteiger partial charge >= 0.3 is 0 Å². The summed E-state index contributed by atoms with van der Waals surface area (Å²) in [6.45, 7) is 13.1. The molecule has 13 aromatic heterocycles. The second-order valence-corrected chi connectivity index (χ2v) is 30.0. The first-order chi connectivity index (χ1) is 60.8. The molecule has 0 saturated carbocycles. The first kappa shape index (κ1) is 79.1. The maximum Gasteiger partial charge on any atom is 0.232 e. The zero-order chi connectivity index (χ0) is 84.4. The number of aromatic amines is 4. The van der Waals surface area contributed by atoms with Gasteiger partial charge in [0.25, 0.3) is 0 Å². The van der Waals surface area contributed by atoms with Crippen molar-refractivity contribution in [3.63, 3.8) is 0 Å². The predicted octanol–water partition coefficient (Wildman–Crippen LogP) is 15.8. The Bertz CT molecular complexity index is 6990. The molecule has 0 aliphatic carbocycles. The van der Waals surface area contributed by atoms with Gasteiger partial charge in [-0.3, -0.25) is 59.7 Å². The van der Waals surface area contributed by atoms with E-state index in [1.807, 2.05) is 205 Å². The molecule has 19 aromatic rings. The van der Waals surface area contributed by atoms with E-state index >= 15 is 0 Å². The van der Waals surface area contributed by atoms with Crippen molar-refractivity contribution in [3.8, 4) is 0 Å². The number of piperazine rings is 1. The minimum absolute atomic E-state index is 0.0182. The number of aromatic nitrogens is 17. The van der Waals surface area contributed by atoms with Gasteiger partial charge < -0.3 is 63.9 Å². The molecule has 3 amide bonds. The summed E-state index contributed by atoms with van der Waals surface area (Å²) in [7, 11) is 3.55. The molecule has 2 aliphatic heterocycles. The highest BCUT2D eigenvalue weighted by molar-refractivity contribution is 5.98. The number of pyridine rings is 5. The van der Waals surface area contributed by atoms with Crippen LogP contribution in [0, 0.1) is 0 Å². The fraction of sp³-hybridized carbons (Fsp3) is 0.187. The molecule has 33 heteroatoms. The number of nitrogens with zero attached hydrogens (tertiary/aromatic N) is 18. The number of H-pyrrole nitrogens is 4. The van der Waals surface area contributed by atoms with Gasteiger partial charge in [0.05, 0.1) is 58.8 Å². The van der Waals surface area contributed by atoms with Crippen LogP contribution in [-0.4, -0.2) is 177 Å². The maximum atomic E-state index is 13.1. The normalized spacial score (nSPS) is 13.4. The molecule has 0 bridgehead atoms. The van der Waals surface area contributed by atoms with Gasteiger partial charge in [0, 0.05) is 171 Å². The van der Waals surface area contributed by atoms with Gasteiger partial charge in [-0.25, -0.2) is 0 Å². The average Bonchev–Trinajstić information content (AvgIpc) is 1.66. The van der Waals surface area contributed by atoms with E-state index in [1.165, 1.54) is 0 Å². The van der Waals surface area contributed by atoms with Gasteiger partial charge in [-0.15, -0.1) is 0 Å². The average molecular weight is 1650 g/mol. The molecule has 124 heavy (non-hydrogen) atoms. The second kappa shape index (κ2) is 35.9. The van der Waals surface area contributed by atoms with Crippen molar-refractivity contribution in [2.24, 2.45) is 0 Å². The number of likely N-dealkylation sites (N-methyl/N-ethyl adjacent to an activating group) is 3. The van der Waals surface area contributed by atoms with Crippen LogP contribution < -0.4 is 26.2 Å². The van der Waals surface area contributed by atoms with E-state index in [0.29, 0.717) is 70.1 Å². The summed E-state index contributed by atoms with van der Waals surface area (Å²) in [5.74, 6) is 2.54. The highest BCUT2D eigenvalue weighted by Gasteiger charge is 2.32. The molecule has 620 valence electrons. The van der Waals surface area contributed by atoms with Gasteiger partial charge in [-0.2, -0.15) is 20.4 Å². The molecule has 1 atom stereocenters. The van der Waals surface area contributed by atoms with Gasteiger partial charge in [0.2, 0.25) is 17.7 Å². The third kappa shape index (κ3) is 17.5. The molecular formula is C91H84N26O7. The van der Waals surface area contributed by atoms with E-state index in [9.17, 15) is 14.4 Å². The van der Waals surface area contributed by atoms with Gasteiger partial charge in [-0.05, 0) is 146 Å². The molecule has 33 nitrogen and oxygen atoms in total. The van der Waals surface area contributed by atoms with Crippen molar-refractivity contribution < 1.29 is 32.5 Å². The van der Waals surface area contributed by atoms with Crippen LogP contribution in [0.5, 0.6) is 0 Å². The molecule has 2 saturated heterocycles. The van der Waals surface area contributed by atoms with Gasteiger partial charge in [-0.1, -0.05) is 88.7 Å². The summed E-state index contributed by atoms with van der Waals surface area (Å²) in [4.78, 5) is 70.4. The van der Waals surface area contributed by atoms with E-state index in [0.717, 1.165) is 174 Å². The van der Waals surface area contributed by atoms with Gasteiger partial charge in [0.1, 0.15) is 39.1 Å². The third-order valence-corrected chi connectivity index (χ3v) is 21.9. The van der Waals surface area contributed by atoms with Crippen LogP contribution in [0.3, 0.4) is 0 Å². The number of hydrogen-bond acceptors (Lipinski definition) is 26. The number of nitrogens with one attached hydrogen (secondary N) is 8. The molecule has 15 heterocycles. The smallest absolute Gasteiger partial charge is 0.232 e. The molecule has 21 rings (SSSR count). The fourth-order valence-electron chi connectivity index (χ4n) is 15.2. The number of anilines is 9. The number of hydrogen-bond donors (Lipinski definition) is 8. The highest BCUT2D eigenvalue weighted by Crippen LogP contribution is 2.36. The topological polar surface area (TPSA) is 399 Å². The first-order valence-corrected chi connectivity index (χ1v) is 40.6. The van der Waals surface area contributed by atoms with E-state index in [1.54, 1.807) is 54.9 Å². The number of allylic oxidation sites excluding steroid dienone is 1. The summed E-state index contributed by atoms with van der Waals surface area (Å²) < 4.78 is 22.1. The van der Waals surface area contributed by atoms with Gasteiger partial charge in [0.15, 0.2) is 45.6 Å². The molecule has 0 radical (unpaired) electrons. The number of rotatable bonds is 22. The van der Waals surface area contributed by atoms with Crippen molar-refractivity contribution in [1.82, 2.24) is 106 Å². The zero-order valence-electron chi connectivity index (χ0n) is 67.8. The van der Waals surface area contributed by atoms with Crippen molar-refractivity contribution >= 4 is 157 Å². The SMILES string of the molecule is C=C(Cc1noc2cc(Nc3n[nH]c4cccnc34)ccc12)N1CCN(CC)CC1.CN(C(=O)Cc1noc2cc(Nc3n[nH]c4cccnc34)ccc12)c1ccccc1.CN(Cc1ccccc1)C(=O)Cc1noc2cc(Nc3n[nH]c4cccnc34)ccc12.O=C(Cc1noc2cc(Nc3n[nH]c4cccnc34)ccc12)N1CCCC1c1ccccn1. The number of amides is 3. The Morgan fingerprint density at radius 3 is 1.25 bits per heavy atom. The summed E-state index contributed by atoms with van der Waals surface area (Å²) in [5.41, 5.74) is 19.1. The van der Waals surface area contributed by atoms with E-state index in [2.05, 4.69) is 131 Å². The van der Waals surface area contributed by atoms with E-state index in [-0.39, 0.29) is 43.0 Å². The Kier molecular flexibility index (Phi) is 22.9. The van der Waals surface area contributed by atoms with Crippen molar-refractivity contribution in [1.29, 1.82) is 0 Å². The van der Waals surface area contributed by atoms with Crippen LogP contribution >= 0.6 is 0 Å². The lowest BCUT2D eigenvalue weighted by molar-refractivity contribution is -0.131. The Labute approximate surface area is 707 Å². The lowest BCUT2D eigenvalue weighted by atomic mass is 10.1.